The molecule has 1 aliphatic heterocycles. The van der Waals surface area contributed by atoms with Crippen molar-refractivity contribution in [2.75, 3.05) is 20.1 Å². The van der Waals surface area contributed by atoms with Gasteiger partial charge in [-0.2, -0.15) is 5.10 Å². The third-order valence-electron chi connectivity index (χ3n) is 7.42. The number of H-pyrrole nitrogens is 1. The fourth-order valence-corrected chi connectivity index (χ4v) is 5.24. The van der Waals surface area contributed by atoms with Crippen molar-refractivity contribution in [1.29, 1.82) is 0 Å². The molecule has 1 saturated heterocycles. The van der Waals surface area contributed by atoms with Crippen LogP contribution in [0.15, 0.2) is 73.4 Å². The van der Waals surface area contributed by atoms with E-state index in [1.807, 2.05) is 55.0 Å². The van der Waals surface area contributed by atoms with Crippen molar-refractivity contribution in [2.45, 2.75) is 18.9 Å². The fraction of sp³-hybridized carbons (Fsp3) is 0.207. The van der Waals surface area contributed by atoms with E-state index in [-0.39, 0.29) is 11.9 Å². The van der Waals surface area contributed by atoms with E-state index in [1.54, 1.807) is 16.9 Å². The van der Waals surface area contributed by atoms with E-state index >= 15 is 0 Å². The van der Waals surface area contributed by atoms with Crippen molar-refractivity contribution < 1.29 is 4.79 Å². The number of fused-ring (bicyclic) bond motifs is 3. The molecule has 7 rings (SSSR count). The Kier molecular flexibility index (Phi) is 5.36. The molecule has 0 spiro atoms. The van der Waals surface area contributed by atoms with Gasteiger partial charge < -0.3 is 15.2 Å². The Morgan fingerprint density at radius 1 is 1.05 bits per heavy atom. The minimum Gasteiger partial charge on any atom is -0.349 e. The molecule has 188 valence electrons. The molecule has 0 bridgehead atoms. The maximum absolute atomic E-state index is 13.1. The van der Waals surface area contributed by atoms with Crippen molar-refractivity contribution in [2.24, 2.45) is 0 Å². The van der Waals surface area contributed by atoms with Crippen LogP contribution in [0.5, 0.6) is 0 Å². The Balaban J connectivity index is 1.20. The number of amides is 1. The third-order valence-corrected chi connectivity index (χ3v) is 7.42. The molecule has 0 unspecified atom stereocenters. The van der Waals surface area contributed by atoms with E-state index in [0.29, 0.717) is 11.4 Å². The molecule has 1 aromatic carbocycles. The molecule has 0 atom stereocenters. The first-order valence-corrected chi connectivity index (χ1v) is 12.8. The first kappa shape index (κ1) is 22.6. The highest BCUT2D eigenvalue weighted by Crippen LogP contribution is 2.30. The average molecular weight is 503 g/mol. The molecule has 0 aliphatic carbocycles. The predicted octanol–water partition coefficient (Wildman–Crippen LogP) is 4.31. The third kappa shape index (κ3) is 3.97. The molecule has 0 saturated carbocycles. The Morgan fingerprint density at radius 2 is 1.95 bits per heavy atom. The highest BCUT2D eigenvalue weighted by Gasteiger charge is 2.21. The topological polar surface area (TPSA) is 104 Å². The molecular formula is C29H26N8O. The molecular weight excluding hydrogens is 476 g/mol. The lowest BCUT2D eigenvalue weighted by Gasteiger charge is -2.29. The van der Waals surface area contributed by atoms with E-state index < -0.39 is 0 Å². The van der Waals surface area contributed by atoms with Gasteiger partial charge in [0.05, 0.1) is 22.8 Å². The number of benzene rings is 1. The largest absolute Gasteiger partial charge is 0.349 e. The molecule has 6 heterocycles. The normalized spacial score (nSPS) is 15.0. The maximum atomic E-state index is 13.1. The van der Waals surface area contributed by atoms with Crippen molar-refractivity contribution in [3.05, 3.63) is 79.0 Å². The predicted molar refractivity (Wildman–Crippen MR) is 147 cm³/mol. The summed E-state index contributed by atoms with van der Waals surface area (Å²) < 4.78 is 1.74. The van der Waals surface area contributed by atoms with Gasteiger partial charge in [0.1, 0.15) is 5.65 Å². The number of aromatic amines is 1. The van der Waals surface area contributed by atoms with Crippen molar-refractivity contribution >= 4 is 33.4 Å². The molecule has 9 nitrogen and oxygen atoms in total. The van der Waals surface area contributed by atoms with Gasteiger partial charge in [0.15, 0.2) is 5.82 Å². The van der Waals surface area contributed by atoms with E-state index in [1.165, 1.54) is 0 Å². The molecule has 38 heavy (non-hydrogen) atoms. The number of hydrogen-bond acceptors (Lipinski definition) is 6. The second-order valence-corrected chi connectivity index (χ2v) is 9.92. The van der Waals surface area contributed by atoms with E-state index in [9.17, 15) is 4.79 Å². The average Bonchev–Trinajstić information content (AvgIpc) is 3.57. The van der Waals surface area contributed by atoms with Crippen molar-refractivity contribution in [3.8, 4) is 22.5 Å². The first-order valence-electron chi connectivity index (χ1n) is 12.8. The van der Waals surface area contributed by atoms with Crippen LogP contribution in [0.4, 0.5) is 0 Å². The summed E-state index contributed by atoms with van der Waals surface area (Å²) >= 11 is 0. The molecule has 1 fully saturated rings. The minimum absolute atomic E-state index is 0.0795. The Labute approximate surface area is 218 Å². The lowest BCUT2D eigenvalue weighted by atomic mass is 10.0. The van der Waals surface area contributed by atoms with Crippen LogP contribution in [0.1, 0.15) is 23.2 Å². The highest BCUT2D eigenvalue weighted by molar-refractivity contribution is 6.02. The number of carbonyl (C=O) groups excluding carboxylic acids is 1. The monoisotopic (exact) mass is 502 g/mol. The number of pyridine rings is 2. The van der Waals surface area contributed by atoms with Gasteiger partial charge in [-0.15, -0.1) is 0 Å². The summed E-state index contributed by atoms with van der Waals surface area (Å²) in [7, 11) is 2.11. The summed E-state index contributed by atoms with van der Waals surface area (Å²) in [6.07, 6.45) is 11.0. The highest BCUT2D eigenvalue weighted by atomic mass is 16.1. The van der Waals surface area contributed by atoms with E-state index in [2.05, 4.69) is 43.4 Å². The summed E-state index contributed by atoms with van der Waals surface area (Å²) in [6, 6.07) is 14.2. The van der Waals surface area contributed by atoms with Crippen LogP contribution in [-0.4, -0.2) is 66.5 Å². The zero-order valence-electron chi connectivity index (χ0n) is 20.9. The molecule has 1 aliphatic rings. The molecule has 6 aromatic rings. The number of hydrogen-bond donors (Lipinski definition) is 2. The number of nitrogens with zero attached hydrogens (tertiary/aromatic N) is 6. The maximum Gasteiger partial charge on any atom is 0.255 e. The zero-order valence-corrected chi connectivity index (χ0v) is 20.9. The van der Waals surface area contributed by atoms with Gasteiger partial charge >= 0.3 is 0 Å². The van der Waals surface area contributed by atoms with Gasteiger partial charge in [-0.3, -0.25) is 9.78 Å². The quantitative estimate of drug-likeness (QED) is 0.372. The van der Waals surface area contributed by atoms with Gasteiger partial charge in [0, 0.05) is 52.7 Å². The van der Waals surface area contributed by atoms with Crippen LogP contribution >= 0.6 is 0 Å². The zero-order chi connectivity index (χ0) is 25.6. The van der Waals surface area contributed by atoms with Gasteiger partial charge in [0.25, 0.3) is 5.91 Å². The van der Waals surface area contributed by atoms with Gasteiger partial charge in [-0.1, -0.05) is 6.07 Å². The van der Waals surface area contributed by atoms with Crippen LogP contribution in [0.2, 0.25) is 0 Å². The van der Waals surface area contributed by atoms with Crippen molar-refractivity contribution in [1.82, 2.24) is 39.8 Å². The van der Waals surface area contributed by atoms with Gasteiger partial charge in [-0.25, -0.2) is 14.5 Å². The molecule has 1 amide bonds. The summed E-state index contributed by atoms with van der Waals surface area (Å²) in [4.78, 5) is 32.6. The SMILES string of the molecule is CN1CCC(NC(=O)c2cnn3ccc(-c4c[nH]c5nc(-c6ccc7ncccc7c6)ncc45)cc23)CC1. The summed E-state index contributed by atoms with van der Waals surface area (Å²) in [5, 5.41) is 9.57. The van der Waals surface area contributed by atoms with Crippen LogP contribution in [-0.2, 0) is 0 Å². The van der Waals surface area contributed by atoms with Crippen LogP contribution < -0.4 is 5.32 Å². The van der Waals surface area contributed by atoms with Gasteiger partial charge in [-0.05, 0) is 74.9 Å². The number of nitrogens with one attached hydrogen (secondary N) is 2. The Hall–Kier alpha value is -4.63. The summed E-state index contributed by atoms with van der Waals surface area (Å²) in [6.45, 7) is 1.98. The second kappa shape index (κ2) is 9.04. The number of piperidine rings is 1. The number of rotatable bonds is 4. The van der Waals surface area contributed by atoms with Crippen LogP contribution in [0, 0.1) is 0 Å². The van der Waals surface area contributed by atoms with Gasteiger partial charge in [0.2, 0.25) is 0 Å². The molecule has 2 N–H and O–H groups in total. The Morgan fingerprint density at radius 3 is 2.84 bits per heavy atom. The molecule has 5 aromatic heterocycles. The minimum atomic E-state index is -0.0795. The lowest BCUT2D eigenvalue weighted by molar-refractivity contribution is 0.0918. The first-order chi connectivity index (χ1) is 18.6. The fourth-order valence-electron chi connectivity index (χ4n) is 5.24. The van der Waals surface area contributed by atoms with Crippen LogP contribution in [0.25, 0.3) is 50.0 Å². The summed E-state index contributed by atoms with van der Waals surface area (Å²) in [5.41, 5.74) is 5.91. The number of carbonyl (C=O) groups is 1. The second-order valence-electron chi connectivity index (χ2n) is 9.92. The van der Waals surface area contributed by atoms with Crippen molar-refractivity contribution in [3.63, 3.8) is 0 Å². The van der Waals surface area contributed by atoms with E-state index in [4.69, 9.17) is 4.98 Å². The van der Waals surface area contributed by atoms with E-state index in [0.717, 1.165) is 70.1 Å². The summed E-state index contributed by atoms with van der Waals surface area (Å²) in [5.74, 6) is 0.569. The standard InChI is InChI=1S/C29H26N8O/c1-36-10-7-21(8-11-36)34-29(38)24-17-33-37-12-6-18(14-26(24)37)22-15-32-28-23(22)16-31-27(35-28)20-4-5-25-19(13-20)3-2-9-30-25/h2-6,9,12-17,21H,7-8,10-11H2,1H3,(H,34,38)(H,31,32,35). The molecule has 9 heteroatoms. The number of aromatic nitrogens is 6. The van der Waals surface area contributed by atoms with Crippen LogP contribution in [0.3, 0.4) is 0 Å². The Bertz CT molecular complexity index is 1810. The molecule has 0 radical (unpaired) electrons. The lowest BCUT2D eigenvalue weighted by Crippen LogP contribution is -2.43. The number of likely N-dealkylation sites (tertiary alicyclic amines) is 1. The smallest absolute Gasteiger partial charge is 0.255 e.